The number of aryl methyl sites for hydroxylation is 1. The minimum Gasteiger partial charge on any atom is -0.353 e. The molecule has 1 amide bonds. The molecule has 0 saturated carbocycles. The van der Waals surface area contributed by atoms with Crippen LogP contribution in [0, 0.1) is 6.92 Å². The summed E-state index contributed by atoms with van der Waals surface area (Å²) in [5.41, 5.74) is 2.60. The van der Waals surface area contributed by atoms with Crippen molar-refractivity contribution in [2.24, 2.45) is 0 Å². The van der Waals surface area contributed by atoms with Crippen molar-refractivity contribution in [2.45, 2.75) is 18.2 Å². The highest BCUT2D eigenvalue weighted by atomic mass is 32.2. The Bertz CT molecular complexity index is 1180. The molecule has 3 aromatic rings. The molecule has 9 heteroatoms. The van der Waals surface area contributed by atoms with Gasteiger partial charge in [-0.25, -0.2) is 13.4 Å². The number of hydrogen-bond donors (Lipinski definition) is 1. The van der Waals surface area contributed by atoms with E-state index in [-0.39, 0.29) is 17.2 Å². The molecule has 0 bridgehead atoms. The summed E-state index contributed by atoms with van der Waals surface area (Å²) in [5, 5.41) is 2.83. The minimum atomic E-state index is -3.61. The number of carbonyl (C=O) groups is 1. The molecular weight excluding hydrogens is 426 g/mol. The smallest absolute Gasteiger partial charge is 0.243 e. The molecule has 4 rings (SSSR count). The molecule has 1 aromatic heterocycles. The van der Waals surface area contributed by atoms with Gasteiger partial charge in [-0.1, -0.05) is 29.8 Å². The van der Waals surface area contributed by atoms with Crippen LogP contribution in [0.4, 0.5) is 11.5 Å². The van der Waals surface area contributed by atoms with Crippen molar-refractivity contribution in [3.8, 4) is 0 Å². The first-order valence-electron chi connectivity index (χ1n) is 10.4. The lowest BCUT2D eigenvalue weighted by molar-refractivity contribution is -0.115. The summed E-state index contributed by atoms with van der Waals surface area (Å²) in [5.74, 6) is 0.599. The number of hydrogen-bond acceptors (Lipinski definition) is 6. The van der Waals surface area contributed by atoms with Gasteiger partial charge >= 0.3 is 0 Å². The lowest BCUT2D eigenvalue weighted by Crippen LogP contribution is -2.48. The van der Waals surface area contributed by atoms with Gasteiger partial charge in [-0.15, -0.1) is 0 Å². The highest BCUT2D eigenvalue weighted by Gasteiger charge is 2.29. The molecule has 1 aliphatic rings. The Morgan fingerprint density at radius 3 is 2.44 bits per heavy atom. The van der Waals surface area contributed by atoms with E-state index in [9.17, 15) is 13.2 Å². The van der Waals surface area contributed by atoms with Gasteiger partial charge in [0.05, 0.1) is 17.5 Å². The Hall–Kier alpha value is -3.30. The van der Waals surface area contributed by atoms with Gasteiger partial charge in [0.1, 0.15) is 5.82 Å². The first-order chi connectivity index (χ1) is 15.4. The monoisotopic (exact) mass is 451 g/mol. The minimum absolute atomic E-state index is 0.147. The molecule has 0 atom stereocenters. The van der Waals surface area contributed by atoms with E-state index in [1.165, 1.54) is 16.4 Å². The molecule has 0 radical (unpaired) electrons. The van der Waals surface area contributed by atoms with Crippen molar-refractivity contribution in [3.63, 3.8) is 0 Å². The Morgan fingerprint density at radius 2 is 1.78 bits per heavy atom. The number of amides is 1. The third kappa shape index (κ3) is 5.12. The maximum absolute atomic E-state index is 13.0. The first kappa shape index (κ1) is 21.9. The van der Waals surface area contributed by atoms with Crippen molar-refractivity contribution in [2.75, 3.05) is 36.4 Å². The third-order valence-corrected chi connectivity index (χ3v) is 7.25. The molecule has 2 heterocycles. The van der Waals surface area contributed by atoms with E-state index in [1.807, 2.05) is 36.1 Å². The largest absolute Gasteiger partial charge is 0.353 e. The van der Waals surface area contributed by atoms with Crippen LogP contribution in [-0.4, -0.2) is 54.8 Å². The molecule has 0 aliphatic carbocycles. The van der Waals surface area contributed by atoms with E-state index < -0.39 is 10.0 Å². The Labute approximate surface area is 188 Å². The van der Waals surface area contributed by atoms with Crippen molar-refractivity contribution >= 4 is 27.4 Å². The van der Waals surface area contributed by atoms with E-state index in [0.29, 0.717) is 31.9 Å². The number of carbonyl (C=O) groups excluding carboxylic acids is 1. The number of anilines is 2. The van der Waals surface area contributed by atoms with E-state index in [1.54, 1.807) is 30.7 Å². The fourth-order valence-corrected chi connectivity index (χ4v) is 5.11. The van der Waals surface area contributed by atoms with Gasteiger partial charge in [-0.05, 0) is 36.8 Å². The average Bonchev–Trinajstić information content (AvgIpc) is 2.80. The number of benzene rings is 2. The first-order valence-corrected chi connectivity index (χ1v) is 11.8. The van der Waals surface area contributed by atoms with Crippen LogP contribution in [-0.2, 0) is 21.2 Å². The van der Waals surface area contributed by atoms with Crippen LogP contribution in [0.25, 0.3) is 0 Å². The molecule has 166 valence electrons. The number of sulfonamides is 1. The van der Waals surface area contributed by atoms with Crippen LogP contribution < -0.4 is 10.2 Å². The molecule has 1 N–H and O–H groups in total. The van der Waals surface area contributed by atoms with Crippen LogP contribution in [0.3, 0.4) is 0 Å². The molecule has 2 aromatic carbocycles. The summed E-state index contributed by atoms with van der Waals surface area (Å²) in [4.78, 5) is 22.9. The van der Waals surface area contributed by atoms with E-state index in [0.717, 1.165) is 16.9 Å². The van der Waals surface area contributed by atoms with E-state index >= 15 is 0 Å². The van der Waals surface area contributed by atoms with Gasteiger partial charge < -0.3 is 10.2 Å². The highest BCUT2D eigenvalue weighted by Crippen LogP contribution is 2.21. The second-order valence-electron chi connectivity index (χ2n) is 7.69. The van der Waals surface area contributed by atoms with Gasteiger partial charge in [-0.3, -0.25) is 9.78 Å². The average molecular weight is 452 g/mol. The zero-order valence-electron chi connectivity index (χ0n) is 17.8. The molecule has 8 nitrogen and oxygen atoms in total. The second kappa shape index (κ2) is 9.46. The number of nitrogens with zero attached hydrogens (tertiary/aromatic N) is 4. The van der Waals surface area contributed by atoms with Crippen molar-refractivity contribution in [1.82, 2.24) is 14.3 Å². The maximum Gasteiger partial charge on any atom is 0.243 e. The van der Waals surface area contributed by atoms with Crippen LogP contribution in [0.5, 0.6) is 0 Å². The van der Waals surface area contributed by atoms with Crippen molar-refractivity contribution < 1.29 is 13.2 Å². The Morgan fingerprint density at radius 1 is 1.03 bits per heavy atom. The molecule has 0 unspecified atom stereocenters. The zero-order valence-corrected chi connectivity index (χ0v) is 18.6. The van der Waals surface area contributed by atoms with Crippen molar-refractivity contribution in [3.05, 3.63) is 78.2 Å². The van der Waals surface area contributed by atoms with E-state index in [2.05, 4.69) is 15.3 Å². The summed E-state index contributed by atoms with van der Waals surface area (Å²) in [6.45, 7) is 3.81. The summed E-state index contributed by atoms with van der Waals surface area (Å²) >= 11 is 0. The molecule has 1 aliphatic heterocycles. The SMILES string of the molecule is Cc1cccc(CC(=O)Nc2ccc(S(=O)(=O)N3CCN(c4cnccn4)CC3)cc2)c1. The standard InChI is InChI=1S/C23H25N5O3S/c1-18-3-2-4-19(15-18)16-23(29)26-20-5-7-21(8-6-20)32(30,31)28-13-11-27(12-14-28)22-17-24-9-10-25-22/h2-10,15,17H,11-14,16H2,1H3,(H,26,29). The van der Waals surface area contributed by atoms with Crippen molar-refractivity contribution in [1.29, 1.82) is 0 Å². The Kier molecular flexibility index (Phi) is 6.48. The predicted octanol–water partition coefficient (Wildman–Crippen LogP) is 2.48. The topological polar surface area (TPSA) is 95.5 Å². The molecule has 1 fully saturated rings. The lowest BCUT2D eigenvalue weighted by atomic mass is 10.1. The normalized spacial score (nSPS) is 14.8. The fourth-order valence-electron chi connectivity index (χ4n) is 3.68. The molecule has 32 heavy (non-hydrogen) atoms. The number of nitrogens with one attached hydrogen (secondary N) is 1. The number of rotatable bonds is 6. The quantitative estimate of drug-likeness (QED) is 0.619. The summed E-state index contributed by atoms with van der Waals surface area (Å²) < 4.78 is 27.5. The van der Waals surface area contributed by atoms with Crippen LogP contribution in [0.2, 0.25) is 0 Å². The Balaban J connectivity index is 1.36. The second-order valence-corrected chi connectivity index (χ2v) is 9.63. The highest BCUT2D eigenvalue weighted by molar-refractivity contribution is 7.89. The summed E-state index contributed by atoms with van der Waals surface area (Å²) in [7, 11) is -3.61. The third-order valence-electron chi connectivity index (χ3n) is 5.34. The molecule has 1 saturated heterocycles. The molecular formula is C23H25N5O3S. The number of piperazine rings is 1. The van der Waals surface area contributed by atoms with E-state index in [4.69, 9.17) is 0 Å². The predicted molar refractivity (Wildman–Crippen MR) is 123 cm³/mol. The fraction of sp³-hybridized carbons (Fsp3) is 0.261. The maximum atomic E-state index is 13.0. The lowest BCUT2D eigenvalue weighted by Gasteiger charge is -2.34. The summed E-state index contributed by atoms with van der Waals surface area (Å²) in [6.07, 6.45) is 5.17. The van der Waals surface area contributed by atoms with Gasteiger partial charge in [0.2, 0.25) is 15.9 Å². The van der Waals surface area contributed by atoms with Gasteiger partial charge in [0.25, 0.3) is 0 Å². The number of aromatic nitrogens is 2. The zero-order chi connectivity index (χ0) is 22.6. The van der Waals surface area contributed by atoms with Gasteiger partial charge in [0, 0.05) is 44.3 Å². The van der Waals surface area contributed by atoms with Gasteiger partial charge in [0.15, 0.2) is 0 Å². The van der Waals surface area contributed by atoms with Gasteiger partial charge in [-0.2, -0.15) is 4.31 Å². The summed E-state index contributed by atoms with van der Waals surface area (Å²) in [6, 6.07) is 14.1. The van der Waals surface area contributed by atoms with Crippen LogP contribution >= 0.6 is 0 Å². The van der Waals surface area contributed by atoms with Crippen LogP contribution in [0.15, 0.2) is 72.0 Å². The molecule has 0 spiro atoms. The van der Waals surface area contributed by atoms with Crippen LogP contribution in [0.1, 0.15) is 11.1 Å².